The lowest BCUT2D eigenvalue weighted by Gasteiger charge is -2.42. The number of rotatable bonds is 5. The van der Waals surface area contributed by atoms with Gasteiger partial charge in [-0.25, -0.2) is 0 Å². The van der Waals surface area contributed by atoms with E-state index >= 15 is 0 Å². The van der Waals surface area contributed by atoms with Crippen LogP contribution in [-0.4, -0.2) is 12.6 Å². The average Bonchev–Trinajstić information content (AvgIpc) is 2.46. The first-order valence-corrected chi connectivity index (χ1v) is 7.58. The highest BCUT2D eigenvalue weighted by atomic mass is 16.5. The van der Waals surface area contributed by atoms with E-state index in [1.807, 2.05) is 0 Å². The second-order valence-electron chi connectivity index (χ2n) is 5.81. The normalized spacial score (nSPS) is 16.9. The summed E-state index contributed by atoms with van der Waals surface area (Å²) in [7, 11) is 1.74. The van der Waals surface area contributed by atoms with Crippen LogP contribution >= 0.6 is 0 Å². The zero-order valence-corrected chi connectivity index (χ0v) is 12.4. The van der Waals surface area contributed by atoms with Crippen LogP contribution in [0, 0.1) is 0 Å². The number of hydrogen-bond acceptors (Lipinski definition) is 2. The van der Waals surface area contributed by atoms with Crippen LogP contribution in [0.25, 0.3) is 10.8 Å². The van der Waals surface area contributed by atoms with E-state index in [2.05, 4.69) is 48.6 Å². The fourth-order valence-corrected chi connectivity index (χ4v) is 3.21. The third-order valence-electron chi connectivity index (χ3n) is 4.84. The fraction of sp³-hybridized carbons (Fsp3) is 0.444. The zero-order chi connectivity index (χ0) is 14.0. The van der Waals surface area contributed by atoms with Crippen molar-refractivity contribution in [2.45, 2.75) is 44.7 Å². The molecule has 0 unspecified atom stereocenters. The molecule has 106 valence electrons. The van der Waals surface area contributed by atoms with Crippen molar-refractivity contribution in [3.63, 3.8) is 0 Å². The summed E-state index contributed by atoms with van der Waals surface area (Å²) in [5.74, 6) is 0.957. The lowest BCUT2D eigenvalue weighted by Crippen LogP contribution is -2.49. The predicted molar refractivity (Wildman–Crippen MR) is 84.2 cm³/mol. The molecule has 2 aromatic carbocycles. The summed E-state index contributed by atoms with van der Waals surface area (Å²) in [6.07, 6.45) is 5.22. The third kappa shape index (κ3) is 2.29. The van der Waals surface area contributed by atoms with Crippen molar-refractivity contribution >= 4 is 10.8 Å². The van der Waals surface area contributed by atoms with Crippen molar-refractivity contribution in [1.29, 1.82) is 0 Å². The summed E-state index contributed by atoms with van der Waals surface area (Å²) in [5, 5.41) is 6.29. The van der Waals surface area contributed by atoms with Gasteiger partial charge in [-0.2, -0.15) is 0 Å². The zero-order valence-electron chi connectivity index (χ0n) is 12.4. The Balaban J connectivity index is 1.88. The number of hydrogen-bond donors (Lipinski definition) is 1. The molecule has 0 spiro atoms. The molecule has 2 aromatic rings. The molecule has 0 heterocycles. The van der Waals surface area contributed by atoms with Gasteiger partial charge in [-0.15, -0.1) is 0 Å². The van der Waals surface area contributed by atoms with Crippen LogP contribution < -0.4 is 10.1 Å². The van der Waals surface area contributed by atoms with Crippen LogP contribution in [0.15, 0.2) is 36.4 Å². The molecule has 3 rings (SSSR count). The highest BCUT2D eigenvalue weighted by Crippen LogP contribution is 2.35. The largest absolute Gasteiger partial charge is 0.496 e. The summed E-state index contributed by atoms with van der Waals surface area (Å²) in [5.41, 5.74) is 1.75. The summed E-state index contributed by atoms with van der Waals surface area (Å²) in [6, 6.07) is 12.8. The lowest BCUT2D eigenvalue weighted by molar-refractivity contribution is 0.175. The maximum atomic E-state index is 5.46. The van der Waals surface area contributed by atoms with Gasteiger partial charge in [0.2, 0.25) is 0 Å². The van der Waals surface area contributed by atoms with E-state index in [4.69, 9.17) is 4.74 Å². The van der Waals surface area contributed by atoms with E-state index in [9.17, 15) is 0 Å². The van der Waals surface area contributed by atoms with Crippen LogP contribution in [0.4, 0.5) is 0 Å². The Bertz CT molecular complexity index is 596. The Kier molecular flexibility index (Phi) is 3.66. The minimum absolute atomic E-state index is 0.390. The fourth-order valence-electron chi connectivity index (χ4n) is 3.21. The van der Waals surface area contributed by atoms with Gasteiger partial charge >= 0.3 is 0 Å². The molecule has 0 bridgehead atoms. The Morgan fingerprint density at radius 3 is 2.45 bits per heavy atom. The first-order valence-electron chi connectivity index (χ1n) is 7.58. The molecule has 0 radical (unpaired) electrons. The van der Waals surface area contributed by atoms with Crippen molar-refractivity contribution in [2.75, 3.05) is 7.11 Å². The monoisotopic (exact) mass is 269 g/mol. The van der Waals surface area contributed by atoms with Gasteiger partial charge in [-0.1, -0.05) is 37.3 Å². The SMILES string of the molecule is CCC1(NCc2ccc(OC)c3ccccc23)CCC1. The van der Waals surface area contributed by atoms with E-state index in [-0.39, 0.29) is 0 Å². The van der Waals surface area contributed by atoms with E-state index in [0.717, 1.165) is 12.3 Å². The average molecular weight is 269 g/mol. The van der Waals surface area contributed by atoms with Gasteiger partial charge in [-0.05, 0) is 42.7 Å². The molecule has 2 heteroatoms. The lowest BCUT2D eigenvalue weighted by atomic mass is 9.75. The predicted octanol–water partition coefficient (Wildman–Crippen LogP) is 4.27. The summed E-state index contributed by atoms with van der Waals surface area (Å²) in [6.45, 7) is 3.23. The minimum atomic E-state index is 0.390. The first kappa shape index (κ1) is 13.4. The Morgan fingerprint density at radius 2 is 1.85 bits per heavy atom. The van der Waals surface area contributed by atoms with Crippen LogP contribution in [0.3, 0.4) is 0 Å². The minimum Gasteiger partial charge on any atom is -0.496 e. The van der Waals surface area contributed by atoms with Gasteiger partial charge in [0.25, 0.3) is 0 Å². The standard InChI is InChI=1S/C18H23NO/c1-3-18(11-6-12-18)19-13-14-9-10-17(20-2)16-8-5-4-7-15(14)16/h4-5,7-10,19H,3,6,11-13H2,1-2H3. The van der Waals surface area contributed by atoms with Gasteiger partial charge in [0.15, 0.2) is 0 Å². The molecule has 1 aliphatic rings. The Labute approximate surface area is 121 Å². The molecule has 0 aromatic heterocycles. The van der Waals surface area contributed by atoms with Gasteiger partial charge in [0.05, 0.1) is 7.11 Å². The molecule has 0 atom stereocenters. The maximum absolute atomic E-state index is 5.46. The van der Waals surface area contributed by atoms with Crippen molar-refractivity contribution in [3.8, 4) is 5.75 Å². The molecule has 2 nitrogen and oxygen atoms in total. The van der Waals surface area contributed by atoms with Crippen molar-refractivity contribution in [2.24, 2.45) is 0 Å². The number of benzene rings is 2. The van der Waals surface area contributed by atoms with Crippen LogP contribution in [0.2, 0.25) is 0 Å². The molecule has 1 saturated carbocycles. The van der Waals surface area contributed by atoms with Gasteiger partial charge in [-0.3, -0.25) is 0 Å². The highest BCUT2D eigenvalue weighted by molar-refractivity contribution is 5.91. The summed E-state index contributed by atoms with van der Waals surface area (Å²) < 4.78 is 5.46. The van der Waals surface area contributed by atoms with Crippen molar-refractivity contribution < 1.29 is 4.74 Å². The highest BCUT2D eigenvalue weighted by Gasteiger charge is 2.34. The molecule has 0 aliphatic heterocycles. The molecular formula is C18H23NO. The number of ether oxygens (including phenoxy) is 1. The molecular weight excluding hydrogens is 246 g/mol. The van der Waals surface area contributed by atoms with E-state index in [1.165, 1.54) is 42.0 Å². The topological polar surface area (TPSA) is 21.3 Å². The quantitative estimate of drug-likeness (QED) is 0.875. The molecule has 20 heavy (non-hydrogen) atoms. The summed E-state index contributed by atoms with van der Waals surface area (Å²) in [4.78, 5) is 0. The van der Waals surface area contributed by atoms with E-state index in [1.54, 1.807) is 7.11 Å². The number of nitrogens with one attached hydrogen (secondary N) is 1. The Morgan fingerprint density at radius 1 is 1.10 bits per heavy atom. The van der Waals surface area contributed by atoms with Crippen LogP contribution in [0.5, 0.6) is 5.75 Å². The molecule has 1 N–H and O–H groups in total. The first-order chi connectivity index (χ1) is 9.78. The Hall–Kier alpha value is -1.54. The van der Waals surface area contributed by atoms with Gasteiger partial charge < -0.3 is 10.1 Å². The van der Waals surface area contributed by atoms with Crippen molar-refractivity contribution in [1.82, 2.24) is 5.32 Å². The van der Waals surface area contributed by atoms with Crippen LogP contribution in [-0.2, 0) is 6.54 Å². The van der Waals surface area contributed by atoms with Gasteiger partial charge in [0, 0.05) is 17.5 Å². The van der Waals surface area contributed by atoms with E-state index in [0.29, 0.717) is 5.54 Å². The molecule has 1 fully saturated rings. The molecule has 1 aliphatic carbocycles. The van der Waals surface area contributed by atoms with Gasteiger partial charge in [0.1, 0.15) is 5.75 Å². The second kappa shape index (κ2) is 5.45. The van der Waals surface area contributed by atoms with Crippen molar-refractivity contribution in [3.05, 3.63) is 42.0 Å². The smallest absolute Gasteiger partial charge is 0.126 e. The van der Waals surface area contributed by atoms with Crippen LogP contribution in [0.1, 0.15) is 38.2 Å². The third-order valence-corrected chi connectivity index (χ3v) is 4.84. The van der Waals surface area contributed by atoms with E-state index < -0.39 is 0 Å². The second-order valence-corrected chi connectivity index (χ2v) is 5.81. The number of methoxy groups -OCH3 is 1. The number of fused-ring (bicyclic) bond motifs is 1. The molecule has 0 saturated heterocycles. The molecule has 0 amide bonds. The summed E-state index contributed by atoms with van der Waals surface area (Å²) >= 11 is 0. The maximum Gasteiger partial charge on any atom is 0.126 e.